The zero-order valence-corrected chi connectivity index (χ0v) is 14.1. The first-order valence-electron chi connectivity index (χ1n) is 8.29. The number of rotatable bonds is 4. The lowest BCUT2D eigenvalue weighted by molar-refractivity contribution is -0.131. The minimum absolute atomic E-state index is 0. The topological polar surface area (TPSA) is 32.3 Å². The van der Waals surface area contributed by atoms with E-state index in [9.17, 15) is 4.79 Å². The van der Waals surface area contributed by atoms with Crippen LogP contribution in [0, 0.1) is 5.92 Å². The van der Waals surface area contributed by atoms with Crippen LogP contribution in [0.1, 0.15) is 37.7 Å². The molecule has 1 aromatic rings. The second-order valence-electron chi connectivity index (χ2n) is 6.60. The molecular formula is C18H27ClN2O. The van der Waals surface area contributed by atoms with Crippen molar-refractivity contribution < 1.29 is 4.79 Å². The van der Waals surface area contributed by atoms with E-state index in [1.165, 1.54) is 31.2 Å². The Labute approximate surface area is 139 Å². The quantitative estimate of drug-likeness (QED) is 0.924. The van der Waals surface area contributed by atoms with E-state index in [0.717, 1.165) is 25.3 Å². The van der Waals surface area contributed by atoms with E-state index < -0.39 is 0 Å². The summed E-state index contributed by atoms with van der Waals surface area (Å²) in [5, 5.41) is 3.58. The predicted molar refractivity (Wildman–Crippen MR) is 92.3 cm³/mol. The lowest BCUT2D eigenvalue weighted by Gasteiger charge is -2.24. The minimum atomic E-state index is 0. The van der Waals surface area contributed by atoms with Crippen LogP contribution in [0.4, 0.5) is 0 Å². The highest BCUT2D eigenvalue weighted by Gasteiger charge is 2.38. The third-order valence-electron chi connectivity index (χ3n) is 5.12. The Morgan fingerprint density at radius 2 is 1.95 bits per heavy atom. The van der Waals surface area contributed by atoms with Crippen LogP contribution in [0.2, 0.25) is 0 Å². The van der Waals surface area contributed by atoms with Gasteiger partial charge in [0, 0.05) is 19.6 Å². The third kappa shape index (κ3) is 4.02. The number of nitrogens with zero attached hydrogens (tertiary/aromatic N) is 1. The SMILES string of the molecule is CN(CCc1ccccc1)C(=O)C1CC2CCCCC2N1.Cl. The minimum Gasteiger partial charge on any atom is -0.344 e. The third-order valence-corrected chi connectivity index (χ3v) is 5.12. The molecule has 1 N–H and O–H groups in total. The molecule has 3 rings (SSSR count). The summed E-state index contributed by atoms with van der Waals surface area (Å²) in [4.78, 5) is 14.5. The standard InChI is InChI=1S/C18H26N2O.ClH/c1-20(12-11-14-7-3-2-4-8-14)18(21)17-13-15-9-5-6-10-16(15)19-17;/h2-4,7-8,15-17,19H,5-6,9-13H2,1H3;1H. The van der Waals surface area contributed by atoms with Gasteiger partial charge in [0.1, 0.15) is 0 Å². The molecule has 0 aromatic heterocycles. The summed E-state index contributed by atoms with van der Waals surface area (Å²) < 4.78 is 0. The Kier molecular flexibility index (Phi) is 6.27. The van der Waals surface area contributed by atoms with Gasteiger partial charge in [-0.2, -0.15) is 0 Å². The first kappa shape index (κ1) is 17.3. The molecule has 4 heteroatoms. The van der Waals surface area contributed by atoms with Crippen molar-refractivity contribution in [3.63, 3.8) is 0 Å². The number of likely N-dealkylation sites (N-methyl/N-ethyl adjacent to an activating group) is 1. The Balaban J connectivity index is 0.00000176. The van der Waals surface area contributed by atoms with E-state index in [1.807, 2.05) is 18.0 Å². The summed E-state index contributed by atoms with van der Waals surface area (Å²) in [5.74, 6) is 1.01. The highest BCUT2D eigenvalue weighted by atomic mass is 35.5. The van der Waals surface area contributed by atoms with E-state index in [0.29, 0.717) is 6.04 Å². The lowest BCUT2D eigenvalue weighted by atomic mass is 9.85. The van der Waals surface area contributed by atoms with Crippen LogP contribution in [0.15, 0.2) is 30.3 Å². The van der Waals surface area contributed by atoms with Gasteiger partial charge in [-0.1, -0.05) is 43.2 Å². The molecule has 1 aliphatic heterocycles. The second kappa shape index (κ2) is 7.98. The first-order valence-corrected chi connectivity index (χ1v) is 8.29. The molecule has 1 saturated carbocycles. The van der Waals surface area contributed by atoms with Crippen molar-refractivity contribution in [2.24, 2.45) is 5.92 Å². The molecule has 2 aliphatic rings. The highest BCUT2D eigenvalue weighted by Crippen LogP contribution is 2.33. The van der Waals surface area contributed by atoms with E-state index in [-0.39, 0.29) is 24.4 Å². The van der Waals surface area contributed by atoms with Crippen molar-refractivity contribution in [2.75, 3.05) is 13.6 Å². The van der Waals surface area contributed by atoms with E-state index in [1.54, 1.807) is 0 Å². The number of nitrogens with one attached hydrogen (secondary N) is 1. The molecule has 0 radical (unpaired) electrons. The molecule has 1 aromatic carbocycles. The Morgan fingerprint density at radius 1 is 1.23 bits per heavy atom. The molecule has 1 aliphatic carbocycles. The molecule has 3 nitrogen and oxygen atoms in total. The van der Waals surface area contributed by atoms with Crippen LogP contribution >= 0.6 is 12.4 Å². The number of halogens is 1. The normalized spacial score (nSPS) is 26.9. The molecule has 0 spiro atoms. The Bertz CT molecular complexity index is 465. The fraction of sp³-hybridized carbons (Fsp3) is 0.611. The fourth-order valence-electron chi connectivity index (χ4n) is 3.83. The van der Waals surface area contributed by atoms with Crippen LogP contribution in [-0.2, 0) is 11.2 Å². The number of amides is 1. The average Bonchev–Trinajstić information content (AvgIpc) is 2.97. The van der Waals surface area contributed by atoms with Gasteiger partial charge >= 0.3 is 0 Å². The second-order valence-corrected chi connectivity index (χ2v) is 6.60. The number of fused-ring (bicyclic) bond motifs is 1. The van der Waals surface area contributed by atoms with Crippen LogP contribution in [-0.4, -0.2) is 36.5 Å². The lowest BCUT2D eigenvalue weighted by Crippen LogP contribution is -2.44. The zero-order valence-electron chi connectivity index (χ0n) is 13.3. The largest absolute Gasteiger partial charge is 0.344 e. The molecular weight excluding hydrogens is 296 g/mol. The molecule has 22 heavy (non-hydrogen) atoms. The van der Waals surface area contributed by atoms with E-state index >= 15 is 0 Å². The first-order chi connectivity index (χ1) is 10.2. The van der Waals surface area contributed by atoms with Gasteiger partial charge < -0.3 is 10.2 Å². The molecule has 3 atom stereocenters. The number of benzene rings is 1. The van der Waals surface area contributed by atoms with Gasteiger partial charge in [0.05, 0.1) is 6.04 Å². The summed E-state index contributed by atoms with van der Waals surface area (Å²) in [5.41, 5.74) is 1.30. The average molecular weight is 323 g/mol. The molecule has 3 unspecified atom stereocenters. The smallest absolute Gasteiger partial charge is 0.239 e. The van der Waals surface area contributed by atoms with Gasteiger partial charge in [0.15, 0.2) is 0 Å². The monoisotopic (exact) mass is 322 g/mol. The number of carbonyl (C=O) groups excluding carboxylic acids is 1. The zero-order chi connectivity index (χ0) is 14.7. The molecule has 1 amide bonds. The van der Waals surface area contributed by atoms with Crippen LogP contribution < -0.4 is 5.32 Å². The summed E-state index contributed by atoms with van der Waals surface area (Å²) in [7, 11) is 1.94. The molecule has 122 valence electrons. The predicted octanol–water partition coefficient (Wildman–Crippen LogP) is 3.03. The summed E-state index contributed by atoms with van der Waals surface area (Å²) in [6, 6.07) is 11.0. The van der Waals surface area contributed by atoms with Gasteiger partial charge in [0.25, 0.3) is 0 Å². The van der Waals surface area contributed by atoms with Crippen molar-refractivity contribution in [1.82, 2.24) is 10.2 Å². The maximum atomic E-state index is 12.6. The van der Waals surface area contributed by atoms with Crippen molar-refractivity contribution >= 4 is 18.3 Å². The molecule has 1 heterocycles. The molecule has 1 saturated heterocycles. The van der Waals surface area contributed by atoms with Crippen molar-refractivity contribution in [3.05, 3.63) is 35.9 Å². The van der Waals surface area contributed by atoms with Gasteiger partial charge in [-0.3, -0.25) is 4.79 Å². The Morgan fingerprint density at radius 3 is 2.68 bits per heavy atom. The van der Waals surface area contributed by atoms with Crippen molar-refractivity contribution in [2.45, 2.75) is 50.6 Å². The molecule has 0 bridgehead atoms. The number of carbonyl (C=O) groups is 1. The fourth-order valence-corrected chi connectivity index (χ4v) is 3.83. The van der Waals surface area contributed by atoms with Crippen molar-refractivity contribution in [3.8, 4) is 0 Å². The highest BCUT2D eigenvalue weighted by molar-refractivity contribution is 5.85. The number of hydrogen-bond acceptors (Lipinski definition) is 2. The van der Waals surface area contributed by atoms with E-state index in [2.05, 4.69) is 29.6 Å². The van der Waals surface area contributed by atoms with Gasteiger partial charge in [0.2, 0.25) is 5.91 Å². The number of hydrogen-bond donors (Lipinski definition) is 1. The maximum Gasteiger partial charge on any atom is 0.239 e. The van der Waals surface area contributed by atoms with E-state index in [4.69, 9.17) is 0 Å². The maximum absolute atomic E-state index is 12.6. The van der Waals surface area contributed by atoms with Gasteiger partial charge in [-0.05, 0) is 37.2 Å². The van der Waals surface area contributed by atoms with Crippen LogP contribution in [0.5, 0.6) is 0 Å². The van der Waals surface area contributed by atoms with Crippen molar-refractivity contribution in [1.29, 1.82) is 0 Å². The summed E-state index contributed by atoms with van der Waals surface area (Å²) >= 11 is 0. The molecule has 2 fully saturated rings. The summed E-state index contributed by atoms with van der Waals surface area (Å²) in [6.07, 6.45) is 7.19. The summed E-state index contributed by atoms with van der Waals surface area (Å²) in [6.45, 7) is 0.802. The van der Waals surface area contributed by atoms with Gasteiger partial charge in [-0.25, -0.2) is 0 Å². The van der Waals surface area contributed by atoms with Gasteiger partial charge in [-0.15, -0.1) is 12.4 Å². The Hall–Kier alpha value is -1.06. The van der Waals surface area contributed by atoms with Crippen LogP contribution in [0.25, 0.3) is 0 Å². The van der Waals surface area contributed by atoms with Crippen LogP contribution in [0.3, 0.4) is 0 Å².